The summed E-state index contributed by atoms with van der Waals surface area (Å²) >= 11 is 1.45. The Bertz CT molecular complexity index is 440. The molecule has 1 aromatic rings. The summed E-state index contributed by atoms with van der Waals surface area (Å²) in [5, 5.41) is 12.5. The first-order valence-corrected chi connectivity index (χ1v) is 7.46. The van der Waals surface area contributed by atoms with Crippen molar-refractivity contribution < 1.29 is 8.42 Å². The third-order valence-corrected chi connectivity index (χ3v) is 4.91. The lowest BCUT2D eigenvalue weighted by Gasteiger charge is -2.22. The van der Waals surface area contributed by atoms with Gasteiger partial charge in [0.05, 0.1) is 11.5 Å². The van der Waals surface area contributed by atoms with Crippen LogP contribution in [-0.2, 0) is 9.84 Å². The molecule has 0 aromatic carbocycles. The van der Waals surface area contributed by atoms with Crippen molar-refractivity contribution in [1.82, 2.24) is 10.2 Å². The van der Waals surface area contributed by atoms with Crippen LogP contribution in [0.15, 0.2) is 0 Å². The molecule has 0 bridgehead atoms. The van der Waals surface area contributed by atoms with E-state index in [-0.39, 0.29) is 11.8 Å². The van der Waals surface area contributed by atoms with Crippen LogP contribution in [0.1, 0.15) is 17.8 Å². The van der Waals surface area contributed by atoms with E-state index in [1.54, 1.807) is 0 Å². The van der Waals surface area contributed by atoms with Crippen LogP contribution in [0.5, 0.6) is 0 Å². The van der Waals surface area contributed by atoms with Crippen LogP contribution in [0.4, 0.5) is 5.13 Å². The van der Waals surface area contributed by atoms with Crippen LogP contribution in [0, 0.1) is 6.92 Å². The molecule has 15 heavy (non-hydrogen) atoms. The summed E-state index contributed by atoms with van der Waals surface area (Å²) in [4.78, 5) is 0. The lowest BCUT2D eigenvalue weighted by atomic mass is 10.2. The van der Waals surface area contributed by atoms with Crippen molar-refractivity contribution in [3.63, 3.8) is 0 Å². The Morgan fingerprint density at radius 1 is 1.47 bits per heavy atom. The maximum atomic E-state index is 11.4. The maximum absolute atomic E-state index is 11.4. The molecule has 0 spiro atoms. The Balaban J connectivity index is 2.01. The molecule has 1 fully saturated rings. The topological polar surface area (TPSA) is 72.0 Å². The molecule has 1 aliphatic heterocycles. The molecule has 5 nitrogen and oxygen atoms in total. The highest BCUT2D eigenvalue weighted by molar-refractivity contribution is 7.91. The number of nitrogens with one attached hydrogen (secondary N) is 1. The standard InChI is InChI=1S/C8H13N3O2S2/c1-6-10-11-8(14-6)9-7-3-2-4-15(12,13)5-7/h7H,2-5H2,1H3,(H,9,11). The molecule has 2 heterocycles. The fourth-order valence-corrected chi connectivity index (χ4v) is 3.97. The maximum Gasteiger partial charge on any atom is 0.205 e. The lowest BCUT2D eigenvalue weighted by Crippen LogP contribution is -2.34. The predicted molar refractivity (Wildman–Crippen MR) is 59.9 cm³/mol. The van der Waals surface area contributed by atoms with Crippen LogP contribution in [0.25, 0.3) is 0 Å². The lowest BCUT2D eigenvalue weighted by molar-refractivity contribution is 0.562. The average molecular weight is 247 g/mol. The Morgan fingerprint density at radius 2 is 2.27 bits per heavy atom. The first-order chi connectivity index (χ1) is 7.05. The second-order valence-corrected chi connectivity index (χ2v) is 7.13. The van der Waals surface area contributed by atoms with Crippen molar-refractivity contribution >= 4 is 26.3 Å². The van der Waals surface area contributed by atoms with E-state index in [9.17, 15) is 8.42 Å². The first kappa shape index (κ1) is 10.8. The second-order valence-electron chi connectivity index (χ2n) is 3.72. The average Bonchev–Trinajstić information content (AvgIpc) is 2.49. The minimum absolute atomic E-state index is 0.00361. The van der Waals surface area contributed by atoms with Gasteiger partial charge in [0.25, 0.3) is 0 Å². The molecule has 2 rings (SSSR count). The van der Waals surface area contributed by atoms with Crippen molar-refractivity contribution in [3.05, 3.63) is 5.01 Å². The minimum atomic E-state index is -2.85. The highest BCUT2D eigenvalue weighted by atomic mass is 32.2. The summed E-state index contributed by atoms with van der Waals surface area (Å²) in [5.74, 6) is 0.534. The number of sulfone groups is 1. The SMILES string of the molecule is Cc1nnc(NC2CCCS(=O)(=O)C2)s1. The molecule has 1 aromatic heterocycles. The first-order valence-electron chi connectivity index (χ1n) is 4.82. The molecule has 1 saturated heterocycles. The van der Waals surface area contributed by atoms with Crippen molar-refractivity contribution in [2.75, 3.05) is 16.8 Å². The minimum Gasteiger partial charge on any atom is -0.356 e. The highest BCUT2D eigenvalue weighted by Gasteiger charge is 2.25. The van der Waals surface area contributed by atoms with Gasteiger partial charge in [0.1, 0.15) is 5.01 Å². The zero-order valence-corrected chi connectivity index (χ0v) is 10.1. The van der Waals surface area contributed by atoms with Gasteiger partial charge in [0, 0.05) is 6.04 Å². The summed E-state index contributed by atoms with van der Waals surface area (Å²) in [6, 6.07) is -0.00361. The number of aromatic nitrogens is 2. The number of anilines is 1. The van der Waals surface area contributed by atoms with Crippen molar-refractivity contribution in [2.45, 2.75) is 25.8 Å². The van der Waals surface area contributed by atoms with Crippen LogP contribution in [0.3, 0.4) is 0 Å². The van der Waals surface area contributed by atoms with E-state index >= 15 is 0 Å². The van der Waals surface area contributed by atoms with Crippen LogP contribution in [-0.4, -0.2) is 36.2 Å². The fraction of sp³-hybridized carbons (Fsp3) is 0.750. The van der Waals surface area contributed by atoms with E-state index < -0.39 is 9.84 Å². The third kappa shape index (κ3) is 2.88. The summed E-state index contributed by atoms with van der Waals surface area (Å²) < 4.78 is 22.8. The van der Waals surface area contributed by atoms with E-state index in [1.807, 2.05) is 6.92 Å². The molecule has 84 valence electrons. The van der Waals surface area contributed by atoms with E-state index in [2.05, 4.69) is 15.5 Å². The number of nitrogens with zero attached hydrogens (tertiary/aromatic N) is 2. The van der Waals surface area contributed by atoms with Gasteiger partial charge in [0.2, 0.25) is 5.13 Å². The van der Waals surface area contributed by atoms with Gasteiger partial charge in [-0.25, -0.2) is 8.42 Å². The largest absolute Gasteiger partial charge is 0.356 e. The molecule has 7 heteroatoms. The van der Waals surface area contributed by atoms with Crippen molar-refractivity contribution in [2.24, 2.45) is 0 Å². The zero-order valence-electron chi connectivity index (χ0n) is 8.43. The third-order valence-electron chi connectivity index (χ3n) is 2.32. The Labute approximate surface area is 92.8 Å². The summed E-state index contributed by atoms with van der Waals surface area (Å²) in [6.07, 6.45) is 1.62. The van der Waals surface area contributed by atoms with Gasteiger partial charge < -0.3 is 5.32 Å². The Hall–Kier alpha value is -0.690. The van der Waals surface area contributed by atoms with Crippen molar-refractivity contribution in [1.29, 1.82) is 0 Å². The molecule has 0 aliphatic carbocycles. The number of hydrogen-bond acceptors (Lipinski definition) is 6. The molecular formula is C8H13N3O2S2. The summed E-state index contributed by atoms with van der Waals surface area (Å²) in [6.45, 7) is 1.88. The van der Waals surface area contributed by atoms with E-state index in [4.69, 9.17) is 0 Å². The molecule has 1 N–H and O–H groups in total. The van der Waals surface area contributed by atoms with Gasteiger partial charge in [-0.15, -0.1) is 10.2 Å². The number of rotatable bonds is 2. The van der Waals surface area contributed by atoms with Crippen molar-refractivity contribution in [3.8, 4) is 0 Å². The highest BCUT2D eigenvalue weighted by Crippen LogP contribution is 2.19. The Morgan fingerprint density at radius 3 is 2.87 bits per heavy atom. The van der Waals surface area contributed by atoms with E-state index in [0.717, 1.165) is 23.0 Å². The number of aryl methyl sites for hydroxylation is 1. The van der Waals surface area contributed by atoms with Gasteiger partial charge in [-0.3, -0.25) is 0 Å². The van der Waals surface area contributed by atoms with Gasteiger partial charge in [-0.1, -0.05) is 11.3 Å². The molecule has 1 atom stereocenters. The molecular weight excluding hydrogens is 234 g/mol. The van der Waals surface area contributed by atoms with Crippen LogP contribution >= 0.6 is 11.3 Å². The second kappa shape index (κ2) is 4.05. The van der Waals surface area contributed by atoms with Gasteiger partial charge in [0.15, 0.2) is 9.84 Å². The van der Waals surface area contributed by atoms with Gasteiger partial charge >= 0.3 is 0 Å². The molecule has 1 unspecified atom stereocenters. The van der Waals surface area contributed by atoms with E-state index in [1.165, 1.54) is 11.3 Å². The van der Waals surface area contributed by atoms with Crippen LogP contribution in [0.2, 0.25) is 0 Å². The van der Waals surface area contributed by atoms with Gasteiger partial charge in [-0.2, -0.15) is 0 Å². The smallest absolute Gasteiger partial charge is 0.205 e. The monoisotopic (exact) mass is 247 g/mol. The molecule has 0 amide bonds. The molecule has 0 saturated carbocycles. The zero-order chi connectivity index (χ0) is 10.9. The van der Waals surface area contributed by atoms with Crippen LogP contribution < -0.4 is 5.32 Å². The predicted octanol–water partition coefficient (Wildman–Crippen LogP) is 0.836. The molecule has 1 aliphatic rings. The molecule has 0 radical (unpaired) electrons. The fourth-order valence-electron chi connectivity index (χ4n) is 1.67. The normalized spacial score (nSPS) is 25.0. The Kier molecular flexibility index (Phi) is 2.92. The summed E-state index contributed by atoms with van der Waals surface area (Å²) in [5.41, 5.74) is 0. The van der Waals surface area contributed by atoms with E-state index in [0.29, 0.717) is 5.75 Å². The number of hydrogen-bond donors (Lipinski definition) is 1. The quantitative estimate of drug-likeness (QED) is 0.838. The van der Waals surface area contributed by atoms with Gasteiger partial charge in [-0.05, 0) is 19.8 Å². The summed E-state index contributed by atoms with van der Waals surface area (Å²) in [7, 11) is -2.85.